The molecule has 2 aromatic carbocycles. The number of ether oxygens (including phenoxy) is 1. The number of hydrogen-bond acceptors (Lipinski definition) is 4. The Morgan fingerprint density at radius 2 is 1.74 bits per heavy atom. The lowest BCUT2D eigenvalue weighted by Crippen LogP contribution is -2.44. The number of carbonyl (C=O) groups is 2. The van der Waals surface area contributed by atoms with E-state index in [1.54, 1.807) is 21.6 Å². The highest BCUT2D eigenvalue weighted by Crippen LogP contribution is 2.29. The minimum absolute atomic E-state index is 0.0314. The number of aldehydes is 1. The fourth-order valence-electron chi connectivity index (χ4n) is 3.73. The van der Waals surface area contributed by atoms with Gasteiger partial charge < -0.3 is 19.0 Å². The zero-order valence-corrected chi connectivity index (χ0v) is 16.7. The Morgan fingerprint density at radius 3 is 2.45 bits per heavy atom. The van der Waals surface area contributed by atoms with Gasteiger partial charge in [-0.15, -0.1) is 0 Å². The Bertz CT molecular complexity index is 1140. The van der Waals surface area contributed by atoms with E-state index in [0.717, 1.165) is 17.4 Å². The molecule has 0 fully saturated rings. The van der Waals surface area contributed by atoms with Crippen LogP contribution in [0.25, 0.3) is 0 Å². The van der Waals surface area contributed by atoms with Crippen LogP contribution < -0.4 is 10.2 Å². The molecule has 6 nitrogen and oxygen atoms in total. The molecule has 0 aliphatic carbocycles. The second-order valence-corrected chi connectivity index (χ2v) is 7.41. The highest BCUT2D eigenvalue weighted by atomic mass is 19.1. The Kier molecular flexibility index (Phi) is 5.93. The van der Waals surface area contributed by atoms with Gasteiger partial charge in [0.25, 0.3) is 5.91 Å². The van der Waals surface area contributed by atoms with Gasteiger partial charge in [0.15, 0.2) is 11.4 Å². The molecule has 1 aliphatic rings. The standard InChI is InChI=1S/C24H21FN2O4/c25-19-8-6-17(7-9-19)14-26-15-20(11-13-28)27-12-10-21(29)23(22(27)24(26)30)31-16-18-4-2-1-3-5-18/h1-10,12-13,20H,11,14-16H2. The van der Waals surface area contributed by atoms with Gasteiger partial charge in [-0.3, -0.25) is 9.59 Å². The molecule has 1 amide bonds. The Balaban J connectivity index is 1.69. The van der Waals surface area contributed by atoms with E-state index >= 15 is 0 Å². The third kappa shape index (κ3) is 4.40. The molecule has 158 valence electrons. The number of aromatic nitrogens is 1. The Hall–Kier alpha value is -3.74. The molecule has 7 heteroatoms. The summed E-state index contributed by atoms with van der Waals surface area (Å²) in [6, 6.07) is 16.2. The van der Waals surface area contributed by atoms with Crippen molar-refractivity contribution in [1.82, 2.24) is 9.47 Å². The van der Waals surface area contributed by atoms with Crippen LogP contribution in [-0.2, 0) is 17.9 Å². The molecule has 1 aromatic heterocycles. The molecule has 0 N–H and O–H groups in total. The van der Waals surface area contributed by atoms with Crippen molar-refractivity contribution < 1.29 is 18.7 Å². The summed E-state index contributed by atoms with van der Waals surface area (Å²) in [5.41, 5.74) is 1.34. The lowest BCUT2D eigenvalue weighted by molar-refractivity contribution is -0.108. The predicted molar refractivity (Wildman–Crippen MR) is 112 cm³/mol. The number of fused-ring (bicyclic) bond motifs is 1. The van der Waals surface area contributed by atoms with Crippen molar-refractivity contribution in [2.24, 2.45) is 0 Å². The van der Waals surface area contributed by atoms with Crippen LogP contribution in [0.2, 0.25) is 0 Å². The largest absolute Gasteiger partial charge is 0.483 e. The quantitative estimate of drug-likeness (QED) is 0.550. The van der Waals surface area contributed by atoms with Gasteiger partial charge in [0.2, 0.25) is 5.43 Å². The van der Waals surface area contributed by atoms with Crippen molar-refractivity contribution in [3.8, 4) is 5.75 Å². The van der Waals surface area contributed by atoms with Crippen molar-refractivity contribution in [3.05, 3.63) is 99.7 Å². The van der Waals surface area contributed by atoms with Gasteiger partial charge in [-0.2, -0.15) is 0 Å². The summed E-state index contributed by atoms with van der Waals surface area (Å²) in [4.78, 5) is 38.8. The normalized spacial score (nSPS) is 15.5. The van der Waals surface area contributed by atoms with E-state index in [2.05, 4.69) is 0 Å². The summed E-state index contributed by atoms with van der Waals surface area (Å²) in [5, 5.41) is 0. The zero-order chi connectivity index (χ0) is 21.8. The van der Waals surface area contributed by atoms with Crippen LogP contribution in [0.15, 0.2) is 71.7 Å². The van der Waals surface area contributed by atoms with Crippen molar-refractivity contribution in [2.45, 2.75) is 25.6 Å². The lowest BCUT2D eigenvalue weighted by atomic mass is 10.1. The minimum atomic E-state index is -0.399. The predicted octanol–water partition coefficient (Wildman–Crippen LogP) is 3.35. The van der Waals surface area contributed by atoms with Gasteiger partial charge in [0.05, 0.1) is 6.04 Å². The first-order valence-electron chi connectivity index (χ1n) is 9.96. The van der Waals surface area contributed by atoms with E-state index in [1.807, 2.05) is 30.3 Å². The van der Waals surface area contributed by atoms with Crippen LogP contribution in [0.5, 0.6) is 5.75 Å². The Morgan fingerprint density at radius 1 is 1.00 bits per heavy atom. The summed E-state index contributed by atoms with van der Waals surface area (Å²) in [6.45, 7) is 0.662. The second-order valence-electron chi connectivity index (χ2n) is 7.41. The first-order chi connectivity index (χ1) is 15.1. The SMILES string of the molecule is O=CCC1CN(Cc2ccc(F)cc2)C(=O)c2c(OCc3ccccc3)c(=O)ccn21. The van der Waals surface area contributed by atoms with Crippen LogP contribution in [0.1, 0.15) is 34.1 Å². The summed E-state index contributed by atoms with van der Waals surface area (Å²) in [6.07, 6.45) is 2.51. The van der Waals surface area contributed by atoms with Crippen molar-refractivity contribution >= 4 is 12.2 Å². The van der Waals surface area contributed by atoms with Crippen LogP contribution in [0.3, 0.4) is 0 Å². The van der Waals surface area contributed by atoms with Crippen molar-refractivity contribution in [1.29, 1.82) is 0 Å². The average Bonchev–Trinajstić information content (AvgIpc) is 2.78. The summed E-state index contributed by atoms with van der Waals surface area (Å²) in [5.74, 6) is -0.760. The summed E-state index contributed by atoms with van der Waals surface area (Å²) in [7, 11) is 0. The minimum Gasteiger partial charge on any atom is -0.483 e. The van der Waals surface area contributed by atoms with E-state index in [9.17, 15) is 18.8 Å². The molecule has 1 atom stereocenters. The smallest absolute Gasteiger partial charge is 0.274 e. The van der Waals surface area contributed by atoms with E-state index < -0.39 is 5.43 Å². The van der Waals surface area contributed by atoms with E-state index in [-0.39, 0.29) is 48.8 Å². The van der Waals surface area contributed by atoms with Crippen LogP contribution in [0.4, 0.5) is 4.39 Å². The topological polar surface area (TPSA) is 68.6 Å². The van der Waals surface area contributed by atoms with Gasteiger partial charge in [0.1, 0.15) is 18.7 Å². The average molecular weight is 420 g/mol. The summed E-state index contributed by atoms with van der Waals surface area (Å²) < 4.78 is 20.7. The molecule has 0 bridgehead atoms. The third-order valence-corrected chi connectivity index (χ3v) is 5.28. The number of hydrogen-bond donors (Lipinski definition) is 0. The van der Waals surface area contributed by atoms with E-state index in [0.29, 0.717) is 6.54 Å². The molecular formula is C24H21FN2O4. The molecule has 31 heavy (non-hydrogen) atoms. The molecule has 2 heterocycles. The maximum atomic E-state index is 13.3. The number of carbonyl (C=O) groups excluding carboxylic acids is 2. The van der Waals surface area contributed by atoms with Gasteiger partial charge in [-0.1, -0.05) is 42.5 Å². The monoisotopic (exact) mass is 420 g/mol. The van der Waals surface area contributed by atoms with E-state index in [4.69, 9.17) is 4.74 Å². The molecule has 0 radical (unpaired) electrons. The third-order valence-electron chi connectivity index (χ3n) is 5.28. The maximum Gasteiger partial charge on any atom is 0.274 e. The lowest BCUT2D eigenvalue weighted by Gasteiger charge is -2.36. The molecule has 0 saturated heterocycles. The first kappa shape index (κ1) is 20.5. The molecule has 3 aromatic rings. The first-order valence-corrected chi connectivity index (χ1v) is 9.96. The van der Waals surface area contributed by atoms with Gasteiger partial charge in [0, 0.05) is 31.8 Å². The van der Waals surface area contributed by atoms with Crippen molar-refractivity contribution in [3.63, 3.8) is 0 Å². The van der Waals surface area contributed by atoms with Gasteiger partial charge in [-0.05, 0) is 23.3 Å². The van der Waals surface area contributed by atoms with Crippen molar-refractivity contribution in [2.75, 3.05) is 6.54 Å². The second kappa shape index (κ2) is 8.95. The molecular weight excluding hydrogens is 399 g/mol. The molecule has 1 aliphatic heterocycles. The summed E-state index contributed by atoms with van der Waals surface area (Å²) >= 11 is 0. The number of amides is 1. The van der Waals surface area contributed by atoms with Crippen LogP contribution in [0, 0.1) is 5.82 Å². The number of halogens is 1. The number of pyridine rings is 1. The molecule has 1 unspecified atom stereocenters. The number of rotatable bonds is 7. The highest BCUT2D eigenvalue weighted by Gasteiger charge is 2.34. The number of benzene rings is 2. The Labute approximate surface area is 178 Å². The highest BCUT2D eigenvalue weighted by molar-refractivity contribution is 5.96. The fraction of sp³-hybridized carbons (Fsp3) is 0.208. The number of nitrogens with zero attached hydrogens (tertiary/aromatic N) is 2. The zero-order valence-electron chi connectivity index (χ0n) is 16.7. The van der Waals surface area contributed by atoms with E-state index in [1.165, 1.54) is 24.4 Å². The van der Waals surface area contributed by atoms with Crippen LogP contribution >= 0.6 is 0 Å². The molecule has 4 rings (SSSR count). The van der Waals surface area contributed by atoms with Gasteiger partial charge >= 0.3 is 0 Å². The molecule has 0 saturated carbocycles. The van der Waals surface area contributed by atoms with Crippen LogP contribution in [-0.4, -0.2) is 28.2 Å². The maximum absolute atomic E-state index is 13.3. The molecule has 0 spiro atoms. The van der Waals surface area contributed by atoms with Gasteiger partial charge in [-0.25, -0.2) is 4.39 Å². The fourth-order valence-corrected chi connectivity index (χ4v) is 3.73.